The van der Waals surface area contributed by atoms with Gasteiger partial charge >= 0.3 is 5.97 Å². The SMILES string of the molecule is C=C(CNc1ccc(CC)cc1)C(=O)O. The molecule has 0 aromatic heterocycles. The third-order valence-electron chi connectivity index (χ3n) is 2.17. The third kappa shape index (κ3) is 3.46. The van der Waals surface area contributed by atoms with Gasteiger partial charge in [-0.05, 0) is 24.1 Å². The molecule has 0 unspecified atom stereocenters. The first-order valence-electron chi connectivity index (χ1n) is 4.87. The van der Waals surface area contributed by atoms with Crippen molar-refractivity contribution in [3.63, 3.8) is 0 Å². The Balaban J connectivity index is 2.51. The molecule has 1 aromatic carbocycles. The second-order valence-electron chi connectivity index (χ2n) is 3.31. The Morgan fingerprint density at radius 3 is 2.47 bits per heavy atom. The largest absolute Gasteiger partial charge is 0.478 e. The van der Waals surface area contributed by atoms with Crippen LogP contribution in [-0.4, -0.2) is 17.6 Å². The minimum atomic E-state index is -0.965. The topological polar surface area (TPSA) is 49.3 Å². The van der Waals surface area contributed by atoms with E-state index in [-0.39, 0.29) is 12.1 Å². The Hall–Kier alpha value is -1.77. The Morgan fingerprint density at radius 1 is 1.40 bits per heavy atom. The fourth-order valence-electron chi connectivity index (χ4n) is 1.14. The fourth-order valence-corrected chi connectivity index (χ4v) is 1.14. The predicted octanol–water partition coefficient (Wildman–Crippen LogP) is 2.30. The lowest BCUT2D eigenvalue weighted by atomic mass is 10.1. The molecule has 1 rings (SSSR count). The van der Waals surface area contributed by atoms with Crippen LogP contribution in [0.5, 0.6) is 0 Å². The molecule has 0 saturated heterocycles. The third-order valence-corrected chi connectivity index (χ3v) is 2.17. The van der Waals surface area contributed by atoms with Crippen molar-refractivity contribution in [2.45, 2.75) is 13.3 Å². The maximum absolute atomic E-state index is 10.5. The van der Waals surface area contributed by atoms with Gasteiger partial charge in [-0.2, -0.15) is 0 Å². The van der Waals surface area contributed by atoms with Crippen LogP contribution in [-0.2, 0) is 11.2 Å². The van der Waals surface area contributed by atoms with Gasteiger partial charge in [0.25, 0.3) is 0 Å². The maximum Gasteiger partial charge on any atom is 0.332 e. The van der Waals surface area contributed by atoms with Crippen LogP contribution in [0.15, 0.2) is 36.4 Å². The zero-order chi connectivity index (χ0) is 11.3. The molecule has 0 heterocycles. The van der Waals surface area contributed by atoms with Gasteiger partial charge in [-0.1, -0.05) is 25.6 Å². The van der Waals surface area contributed by atoms with E-state index in [1.807, 2.05) is 24.3 Å². The number of aliphatic carboxylic acids is 1. The fraction of sp³-hybridized carbons (Fsp3) is 0.250. The molecule has 3 nitrogen and oxygen atoms in total. The van der Waals surface area contributed by atoms with E-state index in [4.69, 9.17) is 5.11 Å². The molecule has 0 saturated carbocycles. The summed E-state index contributed by atoms with van der Waals surface area (Å²) in [5, 5.41) is 11.6. The van der Waals surface area contributed by atoms with Crippen LogP contribution in [0.1, 0.15) is 12.5 Å². The van der Waals surface area contributed by atoms with Crippen molar-refractivity contribution in [1.29, 1.82) is 0 Å². The van der Waals surface area contributed by atoms with E-state index in [0.717, 1.165) is 12.1 Å². The standard InChI is InChI=1S/C12H15NO2/c1-3-10-4-6-11(7-5-10)13-8-9(2)12(14)15/h4-7,13H,2-3,8H2,1H3,(H,14,15). The second-order valence-corrected chi connectivity index (χ2v) is 3.31. The van der Waals surface area contributed by atoms with Gasteiger partial charge in [0.15, 0.2) is 0 Å². The predicted molar refractivity (Wildman–Crippen MR) is 61.1 cm³/mol. The van der Waals surface area contributed by atoms with Crippen LogP contribution in [0.2, 0.25) is 0 Å². The van der Waals surface area contributed by atoms with Crippen molar-refractivity contribution in [3.8, 4) is 0 Å². The molecule has 3 heteroatoms. The molecule has 1 aromatic rings. The van der Waals surface area contributed by atoms with E-state index in [1.54, 1.807) is 0 Å². The molecule has 0 aliphatic heterocycles. The number of nitrogens with one attached hydrogen (secondary N) is 1. The van der Waals surface area contributed by atoms with Crippen molar-refractivity contribution >= 4 is 11.7 Å². The first-order chi connectivity index (χ1) is 7.13. The van der Waals surface area contributed by atoms with E-state index in [0.29, 0.717) is 0 Å². The van der Waals surface area contributed by atoms with Crippen LogP contribution < -0.4 is 5.32 Å². The van der Waals surface area contributed by atoms with Gasteiger partial charge < -0.3 is 10.4 Å². The first kappa shape index (κ1) is 11.3. The number of anilines is 1. The van der Waals surface area contributed by atoms with Crippen LogP contribution in [0, 0.1) is 0 Å². The number of carboxylic acids is 1. The zero-order valence-electron chi connectivity index (χ0n) is 8.79. The van der Waals surface area contributed by atoms with Crippen LogP contribution >= 0.6 is 0 Å². The van der Waals surface area contributed by atoms with Crippen molar-refractivity contribution in [3.05, 3.63) is 42.0 Å². The highest BCUT2D eigenvalue weighted by Gasteiger charge is 2.02. The molecule has 0 amide bonds. The first-order valence-corrected chi connectivity index (χ1v) is 4.87. The summed E-state index contributed by atoms with van der Waals surface area (Å²) in [4.78, 5) is 10.5. The summed E-state index contributed by atoms with van der Waals surface area (Å²) in [6.07, 6.45) is 1.00. The highest BCUT2D eigenvalue weighted by molar-refractivity contribution is 5.86. The molecule has 0 fully saturated rings. The van der Waals surface area contributed by atoms with Gasteiger partial charge in [0.1, 0.15) is 0 Å². The van der Waals surface area contributed by atoms with E-state index in [2.05, 4.69) is 18.8 Å². The second kappa shape index (κ2) is 5.20. The Labute approximate surface area is 89.4 Å². The normalized spacial score (nSPS) is 9.67. The summed E-state index contributed by atoms with van der Waals surface area (Å²) in [5.41, 5.74) is 2.33. The summed E-state index contributed by atoms with van der Waals surface area (Å²) in [6, 6.07) is 7.92. The molecule has 2 N–H and O–H groups in total. The summed E-state index contributed by atoms with van der Waals surface area (Å²) >= 11 is 0. The lowest BCUT2D eigenvalue weighted by Crippen LogP contribution is -2.11. The highest BCUT2D eigenvalue weighted by atomic mass is 16.4. The van der Waals surface area contributed by atoms with E-state index in [1.165, 1.54) is 5.56 Å². The Kier molecular flexibility index (Phi) is 3.92. The van der Waals surface area contributed by atoms with Gasteiger partial charge in [0.2, 0.25) is 0 Å². The summed E-state index contributed by atoms with van der Waals surface area (Å²) < 4.78 is 0. The van der Waals surface area contributed by atoms with Crippen LogP contribution in [0.25, 0.3) is 0 Å². The van der Waals surface area contributed by atoms with Gasteiger partial charge in [-0.15, -0.1) is 0 Å². The minimum Gasteiger partial charge on any atom is -0.478 e. The van der Waals surface area contributed by atoms with Crippen molar-refractivity contribution in [2.24, 2.45) is 0 Å². The van der Waals surface area contributed by atoms with Gasteiger partial charge in [-0.3, -0.25) is 0 Å². The number of hydrogen-bond donors (Lipinski definition) is 2. The minimum absolute atomic E-state index is 0.162. The molecule has 0 spiro atoms. The number of hydrogen-bond acceptors (Lipinski definition) is 2. The van der Waals surface area contributed by atoms with Gasteiger partial charge in [-0.25, -0.2) is 4.79 Å². The average Bonchev–Trinajstić information content (AvgIpc) is 2.26. The molecule has 80 valence electrons. The molecule has 15 heavy (non-hydrogen) atoms. The zero-order valence-corrected chi connectivity index (χ0v) is 8.79. The monoisotopic (exact) mass is 205 g/mol. The average molecular weight is 205 g/mol. The van der Waals surface area contributed by atoms with E-state index in [9.17, 15) is 4.79 Å². The van der Waals surface area contributed by atoms with Gasteiger partial charge in [0, 0.05) is 17.8 Å². The van der Waals surface area contributed by atoms with Crippen LogP contribution in [0.3, 0.4) is 0 Å². The molecule has 0 aliphatic rings. The summed E-state index contributed by atoms with van der Waals surface area (Å²) in [5.74, 6) is -0.965. The molecule has 0 radical (unpaired) electrons. The lowest BCUT2D eigenvalue weighted by Gasteiger charge is -2.06. The molecule has 0 bridgehead atoms. The quantitative estimate of drug-likeness (QED) is 0.725. The summed E-state index contributed by atoms with van der Waals surface area (Å²) in [6.45, 7) is 5.80. The van der Waals surface area contributed by atoms with E-state index >= 15 is 0 Å². The molecular weight excluding hydrogens is 190 g/mol. The number of rotatable bonds is 5. The highest BCUT2D eigenvalue weighted by Crippen LogP contribution is 2.10. The number of aryl methyl sites for hydroxylation is 1. The van der Waals surface area contributed by atoms with Crippen molar-refractivity contribution in [1.82, 2.24) is 0 Å². The molecule has 0 atom stereocenters. The lowest BCUT2D eigenvalue weighted by molar-refractivity contribution is -0.132. The smallest absolute Gasteiger partial charge is 0.332 e. The number of benzene rings is 1. The van der Waals surface area contributed by atoms with Gasteiger partial charge in [0.05, 0.1) is 0 Å². The van der Waals surface area contributed by atoms with Crippen LogP contribution in [0.4, 0.5) is 5.69 Å². The Morgan fingerprint density at radius 2 is 2.00 bits per heavy atom. The number of carbonyl (C=O) groups is 1. The maximum atomic E-state index is 10.5. The van der Waals surface area contributed by atoms with Crippen molar-refractivity contribution < 1.29 is 9.90 Å². The summed E-state index contributed by atoms with van der Waals surface area (Å²) in [7, 11) is 0. The van der Waals surface area contributed by atoms with Crippen molar-refractivity contribution in [2.75, 3.05) is 11.9 Å². The molecular formula is C12H15NO2. The number of carboxylic acid groups (broad SMARTS) is 1. The van der Waals surface area contributed by atoms with E-state index < -0.39 is 5.97 Å². The molecule has 0 aliphatic carbocycles. The Bertz CT molecular complexity index is 354.